The Labute approximate surface area is 244 Å². The number of hydrogen-bond acceptors (Lipinski definition) is 7. The summed E-state index contributed by atoms with van der Waals surface area (Å²) in [6.07, 6.45) is -11.3. The van der Waals surface area contributed by atoms with Crippen LogP contribution in [0.5, 0.6) is 5.75 Å². The monoisotopic (exact) mass is 640 g/mol. The number of ether oxygens (including phenoxy) is 3. The van der Waals surface area contributed by atoms with Gasteiger partial charge in [0.25, 0.3) is 0 Å². The second-order valence-corrected chi connectivity index (χ2v) is 12.1. The normalized spacial score (nSPS) is 17.2. The molecule has 0 saturated heterocycles. The number of nitrogens with zero attached hydrogens (tertiary/aromatic N) is 2. The van der Waals surface area contributed by atoms with Gasteiger partial charge in [-0.25, -0.2) is 18.0 Å². The Morgan fingerprint density at radius 2 is 1.60 bits per heavy atom. The third-order valence-corrected chi connectivity index (χ3v) is 7.58. The van der Waals surface area contributed by atoms with Crippen molar-refractivity contribution in [3.63, 3.8) is 0 Å². The van der Waals surface area contributed by atoms with Gasteiger partial charge in [-0.15, -0.1) is 0 Å². The highest BCUT2D eigenvalue weighted by Gasteiger charge is 2.43. The van der Waals surface area contributed by atoms with E-state index in [1.54, 1.807) is 13.8 Å². The maximum Gasteiger partial charge on any atom is 0.416 e. The van der Waals surface area contributed by atoms with Gasteiger partial charge in [0.2, 0.25) is 0 Å². The van der Waals surface area contributed by atoms with E-state index in [4.69, 9.17) is 14.2 Å². The quantitative estimate of drug-likeness (QED) is 0.326. The first-order valence-electron chi connectivity index (χ1n) is 12.8. The highest BCUT2D eigenvalue weighted by molar-refractivity contribution is 7.89. The lowest BCUT2D eigenvalue weighted by Crippen LogP contribution is -2.48. The summed E-state index contributed by atoms with van der Waals surface area (Å²) in [6, 6.07) is 1.88. The number of hydrogen-bond donors (Lipinski definition) is 0. The van der Waals surface area contributed by atoms with E-state index in [0.717, 1.165) is 18.3 Å². The molecule has 16 heteroatoms. The molecule has 0 aromatic heterocycles. The number of amides is 2. The largest absolute Gasteiger partial charge is 0.496 e. The Kier molecular flexibility index (Phi) is 9.83. The van der Waals surface area contributed by atoms with Crippen molar-refractivity contribution in [2.75, 3.05) is 32.0 Å². The van der Waals surface area contributed by atoms with E-state index in [0.29, 0.717) is 12.1 Å². The van der Waals surface area contributed by atoms with Gasteiger partial charge < -0.3 is 14.2 Å². The zero-order chi connectivity index (χ0) is 32.5. The first-order chi connectivity index (χ1) is 19.8. The van der Waals surface area contributed by atoms with Crippen LogP contribution in [0, 0.1) is 0 Å². The van der Waals surface area contributed by atoms with Crippen molar-refractivity contribution in [3.8, 4) is 5.75 Å². The smallest absolute Gasteiger partial charge is 0.416 e. The molecule has 0 unspecified atom stereocenters. The molecule has 1 aliphatic heterocycles. The topological polar surface area (TPSA) is 102 Å². The number of alkyl halides is 6. The van der Waals surface area contributed by atoms with Crippen molar-refractivity contribution < 1.29 is 58.6 Å². The van der Waals surface area contributed by atoms with Crippen LogP contribution in [0.15, 0.2) is 30.3 Å². The number of fused-ring (bicyclic) bond motifs is 1. The number of carbonyl (C=O) groups excluding carboxylic acids is 2. The summed E-state index contributed by atoms with van der Waals surface area (Å²) in [6.45, 7) is 2.38. The summed E-state index contributed by atoms with van der Waals surface area (Å²) in [5, 5.41) is 0. The highest BCUT2D eigenvalue weighted by atomic mass is 32.2. The molecule has 43 heavy (non-hydrogen) atoms. The first kappa shape index (κ1) is 33.8. The van der Waals surface area contributed by atoms with Gasteiger partial charge in [-0.3, -0.25) is 9.80 Å². The van der Waals surface area contributed by atoms with Gasteiger partial charge in [-0.05, 0) is 56.2 Å². The van der Waals surface area contributed by atoms with Crippen LogP contribution in [-0.2, 0) is 44.0 Å². The van der Waals surface area contributed by atoms with Crippen molar-refractivity contribution in [1.82, 2.24) is 4.90 Å². The third kappa shape index (κ3) is 7.64. The first-order valence-corrected chi connectivity index (χ1v) is 14.8. The van der Waals surface area contributed by atoms with Crippen LogP contribution in [0.25, 0.3) is 0 Å². The van der Waals surface area contributed by atoms with Crippen LogP contribution < -0.4 is 9.64 Å². The molecule has 9 nitrogen and oxygen atoms in total. The molecule has 0 N–H and O–H groups in total. The standard InChI is InChI=1S/C27H30F6N2O7S/c1-6-42-25(37)35-15(2)9-21(23-19(14-43(5,38)39)22(40-3)8-7-20(23)35)34(24(36)41-4)13-16-10-17(26(28,29)30)12-18(11-16)27(31,32)33/h7-8,10-12,15,21H,6,9,13-14H2,1-5H3/t15-,21+/m0/s1. The molecule has 3 rings (SSSR count). The summed E-state index contributed by atoms with van der Waals surface area (Å²) in [5.74, 6) is -0.562. The summed E-state index contributed by atoms with van der Waals surface area (Å²) >= 11 is 0. The predicted molar refractivity (Wildman–Crippen MR) is 142 cm³/mol. The molecular weight excluding hydrogens is 610 g/mol. The van der Waals surface area contributed by atoms with Gasteiger partial charge in [0, 0.05) is 30.0 Å². The maximum absolute atomic E-state index is 13.6. The summed E-state index contributed by atoms with van der Waals surface area (Å²) in [4.78, 5) is 28.3. The van der Waals surface area contributed by atoms with E-state index in [9.17, 15) is 44.3 Å². The lowest BCUT2D eigenvalue weighted by molar-refractivity contribution is -0.143. The Balaban J connectivity index is 2.32. The van der Waals surface area contributed by atoms with Gasteiger partial charge in [0.1, 0.15) is 5.75 Å². The van der Waals surface area contributed by atoms with E-state index in [2.05, 4.69) is 0 Å². The maximum atomic E-state index is 13.6. The van der Waals surface area contributed by atoms with E-state index >= 15 is 0 Å². The van der Waals surface area contributed by atoms with Gasteiger partial charge >= 0.3 is 24.5 Å². The van der Waals surface area contributed by atoms with Crippen molar-refractivity contribution >= 4 is 27.7 Å². The fraction of sp³-hybridized carbons (Fsp3) is 0.481. The average Bonchev–Trinajstić information content (AvgIpc) is 2.89. The average molecular weight is 641 g/mol. The van der Waals surface area contributed by atoms with E-state index in [1.165, 1.54) is 24.1 Å². The number of benzene rings is 2. The summed E-state index contributed by atoms with van der Waals surface area (Å²) < 4.78 is 122. The Hall–Kier alpha value is -3.69. The number of rotatable bonds is 7. The predicted octanol–water partition coefficient (Wildman–Crippen LogP) is 6.34. The van der Waals surface area contributed by atoms with Crippen LogP contribution in [0.4, 0.5) is 41.6 Å². The van der Waals surface area contributed by atoms with Crippen molar-refractivity contribution in [2.45, 2.75) is 57.0 Å². The van der Waals surface area contributed by atoms with Crippen LogP contribution in [0.3, 0.4) is 0 Å². The molecule has 0 fully saturated rings. The van der Waals surface area contributed by atoms with Gasteiger partial charge in [-0.1, -0.05) is 0 Å². The lowest BCUT2D eigenvalue weighted by atomic mass is 9.87. The molecule has 2 atom stereocenters. The number of carbonyl (C=O) groups is 2. The molecule has 1 aliphatic rings. The molecule has 0 aliphatic carbocycles. The van der Waals surface area contributed by atoms with Crippen LogP contribution in [-0.4, -0.2) is 58.6 Å². The Morgan fingerprint density at radius 1 is 1.02 bits per heavy atom. The summed E-state index contributed by atoms with van der Waals surface area (Å²) in [7, 11) is -1.55. The third-order valence-electron chi connectivity index (χ3n) is 6.77. The number of halogens is 6. The molecule has 238 valence electrons. The fourth-order valence-electron chi connectivity index (χ4n) is 5.08. The van der Waals surface area contributed by atoms with Crippen LogP contribution in [0.1, 0.15) is 54.1 Å². The van der Waals surface area contributed by atoms with Crippen LogP contribution in [0.2, 0.25) is 0 Å². The van der Waals surface area contributed by atoms with E-state index in [1.807, 2.05) is 0 Å². The molecule has 0 radical (unpaired) electrons. The lowest BCUT2D eigenvalue weighted by Gasteiger charge is -2.43. The van der Waals surface area contributed by atoms with Crippen molar-refractivity contribution in [3.05, 3.63) is 58.1 Å². The van der Waals surface area contributed by atoms with Gasteiger partial charge in [0.05, 0.1) is 49.4 Å². The van der Waals surface area contributed by atoms with Crippen molar-refractivity contribution in [2.24, 2.45) is 0 Å². The SMILES string of the molecule is CCOC(=O)N1c2ccc(OC)c(CS(C)(=O)=O)c2[C@H](N(Cc2cc(C(F)(F)F)cc(C(F)(F)F)c2)C(=O)OC)C[C@@H]1C. The molecule has 0 bridgehead atoms. The number of sulfone groups is 1. The minimum absolute atomic E-state index is 0.00145. The zero-order valence-corrected chi connectivity index (χ0v) is 24.6. The molecule has 0 spiro atoms. The fourth-order valence-corrected chi connectivity index (χ4v) is 5.90. The van der Waals surface area contributed by atoms with Crippen molar-refractivity contribution in [1.29, 1.82) is 0 Å². The summed E-state index contributed by atoms with van der Waals surface area (Å²) in [5.41, 5.74) is -3.41. The minimum atomic E-state index is -5.13. The minimum Gasteiger partial charge on any atom is -0.496 e. The van der Waals surface area contributed by atoms with Gasteiger partial charge in [-0.2, -0.15) is 26.3 Å². The zero-order valence-electron chi connectivity index (χ0n) is 23.8. The molecular formula is C27H30F6N2O7S. The Bertz CT molecular complexity index is 1450. The second-order valence-electron chi connectivity index (χ2n) is 9.93. The molecule has 2 aromatic carbocycles. The van der Waals surface area contributed by atoms with E-state index < -0.39 is 75.4 Å². The van der Waals surface area contributed by atoms with Gasteiger partial charge in [0.15, 0.2) is 9.84 Å². The van der Waals surface area contributed by atoms with Crippen LogP contribution >= 0.6 is 0 Å². The molecule has 2 amide bonds. The number of anilines is 1. The second kappa shape index (κ2) is 12.5. The highest BCUT2D eigenvalue weighted by Crippen LogP contribution is 2.47. The van der Waals surface area contributed by atoms with E-state index in [-0.39, 0.29) is 41.7 Å². The molecule has 1 heterocycles. The molecule has 2 aromatic rings. The number of methoxy groups -OCH3 is 2. The Morgan fingerprint density at radius 3 is 2.07 bits per heavy atom. The molecule has 0 saturated carbocycles.